The Bertz CT molecular complexity index is 346. The molecule has 0 radical (unpaired) electrons. The molecule has 0 atom stereocenters. The summed E-state index contributed by atoms with van der Waals surface area (Å²) in [4.78, 5) is 0. The van der Waals surface area contributed by atoms with Gasteiger partial charge in [-0.3, -0.25) is 0 Å². The monoisotopic (exact) mass is 218 g/mol. The summed E-state index contributed by atoms with van der Waals surface area (Å²) >= 11 is 0. The van der Waals surface area contributed by atoms with E-state index in [-0.39, 0.29) is 17.3 Å². The van der Waals surface area contributed by atoms with Crippen LogP contribution < -0.4 is 11.5 Å². The first-order valence-corrected chi connectivity index (χ1v) is 4.49. The predicted molar refractivity (Wildman–Crippen MR) is 54.4 cm³/mol. The van der Waals surface area contributed by atoms with E-state index in [1.807, 2.05) is 13.8 Å². The molecule has 0 amide bonds. The highest BCUT2D eigenvalue weighted by Gasteiger charge is 2.31. The van der Waals surface area contributed by atoms with Gasteiger partial charge in [0.05, 0.1) is 5.56 Å². The fourth-order valence-corrected chi connectivity index (χ4v) is 1.53. The number of benzene rings is 1. The van der Waals surface area contributed by atoms with Crippen molar-refractivity contribution >= 4 is 11.4 Å². The molecule has 0 spiro atoms. The van der Waals surface area contributed by atoms with Crippen molar-refractivity contribution in [2.24, 2.45) is 0 Å². The number of halogens is 3. The lowest BCUT2D eigenvalue weighted by atomic mass is 9.97. The van der Waals surface area contributed by atoms with Crippen LogP contribution in [0.15, 0.2) is 12.1 Å². The minimum absolute atomic E-state index is 0.00674. The van der Waals surface area contributed by atoms with Crippen LogP contribution in [0.25, 0.3) is 0 Å². The molecule has 0 saturated carbocycles. The summed E-state index contributed by atoms with van der Waals surface area (Å²) in [6.45, 7) is 3.66. The number of rotatable bonds is 1. The van der Waals surface area contributed by atoms with Gasteiger partial charge in [-0.1, -0.05) is 13.8 Å². The lowest BCUT2D eigenvalue weighted by Crippen LogP contribution is -2.10. The molecule has 1 aromatic rings. The van der Waals surface area contributed by atoms with Crippen LogP contribution in [-0.4, -0.2) is 0 Å². The molecule has 0 unspecified atom stereocenters. The maximum absolute atomic E-state index is 12.4. The SMILES string of the molecule is CC(C)c1c(N)cc(C(F)(F)F)cc1N. The van der Waals surface area contributed by atoms with Crippen LogP contribution in [0, 0.1) is 0 Å². The van der Waals surface area contributed by atoms with Crippen molar-refractivity contribution in [3.8, 4) is 0 Å². The first-order chi connectivity index (χ1) is 6.73. The van der Waals surface area contributed by atoms with Gasteiger partial charge in [0, 0.05) is 16.9 Å². The Balaban J connectivity index is 3.32. The van der Waals surface area contributed by atoms with Gasteiger partial charge in [-0.25, -0.2) is 0 Å². The van der Waals surface area contributed by atoms with E-state index in [9.17, 15) is 13.2 Å². The number of hydrogen-bond acceptors (Lipinski definition) is 2. The van der Waals surface area contributed by atoms with Crippen molar-refractivity contribution in [2.45, 2.75) is 25.9 Å². The van der Waals surface area contributed by atoms with Crippen molar-refractivity contribution < 1.29 is 13.2 Å². The molecule has 1 rings (SSSR count). The number of nitrogen functional groups attached to an aromatic ring is 2. The van der Waals surface area contributed by atoms with E-state index in [4.69, 9.17) is 11.5 Å². The number of nitrogens with two attached hydrogens (primary N) is 2. The molecule has 0 aliphatic rings. The van der Waals surface area contributed by atoms with Gasteiger partial charge in [0.25, 0.3) is 0 Å². The minimum Gasteiger partial charge on any atom is -0.398 e. The lowest BCUT2D eigenvalue weighted by molar-refractivity contribution is -0.137. The summed E-state index contributed by atoms with van der Waals surface area (Å²) < 4.78 is 37.1. The molecular weight excluding hydrogens is 205 g/mol. The Morgan fingerprint density at radius 3 is 1.73 bits per heavy atom. The molecule has 0 aliphatic carbocycles. The van der Waals surface area contributed by atoms with Crippen LogP contribution in [0.1, 0.15) is 30.9 Å². The van der Waals surface area contributed by atoms with Crippen molar-refractivity contribution in [3.63, 3.8) is 0 Å². The van der Waals surface area contributed by atoms with Crippen molar-refractivity contribution in [1.82, 2.24) is 0 Å². The molecule has 15 heavy (non-hydrogen) atoms. The Morgan fingerprint density at radius 1 is 1.07 bits per heavy atom. The molecule has 0 saturated heterocycles. The van der Waals surface area contributed by atoms with Gasteiger partial charge in [-0.2, -0.15) is 13.2 Å². The number of hydrogen-bond donors (Lipinski definition) is 2. The van der Waals surface area contributed by atoms with Crippen LogP contribution in [-0.2, 0) is 6.18 Å². The topological polar surface area (TPSA) is 52.0 Å². The third-order valence-electron chi connectivity index (χ3n) is 2.15. The first-order valence-electron chi connectivity index (χ1n) is 4.49. The molecular formula is C10H13F3N2. The Hall–Kier alpha value is -1.39. The van der Waals surface area contributed by atoms with E-state index in [0.29, 0.717) is 5.56 Å². The second-order valence-electron chi connectivity index (χ2n) is 3.72. The van der Waals surface area contributed by atoms with E-state index in [0.717, 1.165) is 12.1 Å². The normalized spacial score (nSPS) is 12.1. The van der Waals surface area contributed by atoms with Crippen molar-refractivity contribution in [1.29, 1.82) is 0 Å². The zero-order chi connectivity index (χ0) is 11.8. The number of anilines is 2. The molecule has 0 aliphatic heterocycles. The van der Waals surface area contributed by atoms with Gasteiger partial charge >= 0.3 is 6.18 Å². The van der Waals surface area contributed by atoms with Crippen LogP contribution in [0.4, 0.5) is 24.5 Å². The molecule has 5 heteroatoms. The predicted octanol–water partition coefficient (Wildman–Crippen LogP) is 2.99. The van der Waals surface area contributed by atoms with Gasteiger partial charge in [0.15, 0.2) is 0 Å². The Morgan fingerprint density at radius 2 is 1.47 bits per heavy atom. The van der Waals surface area contributed by atoms with Gasteiger partial charge in [0.2, 0.25) is 0 Å². The van der Waals surface area contributed by atoms with Crippen LogP contribution in [0.5, 0.6) is 0 Å². The zero-order valence-corrected chi connectivity index (χ0v) is 8.52. The fraction of sp³-hybridized carbons (Fsp3) is 0.400. The van der Waals surface area contributed by atoms with Crippen LogP contribution in [0.3, 0.4) is 0 Å². The molecule has 1 aromatic carbocycles. The summed E-state index contributed by atoms with van der Waals surface area (Å²) in [5.74, 6) is 0.00674. The van der Waals surface area contributed by atoms with Gasteiger partial charge in [0.1, 0.15) is 0 Å². The third-order valence-corrected chi connectivity index (χ3v) is 2.15. The quantitative estimate of drug-likeness (QED) is 0.712. The fourth-order valence-electron chi connectivity index (χ4n) is 1.53. The average Bonchev–Trinajstić information content (AvgIpc) is 1.99. The zero-order valence-electron chi connectivity index (χ0n) is 8.52. The highest BCUT2D eigenvalue weighted by molar-refractivity contribution is 5.65. The van der Waals surface area contributed by atoms with Crippen molar-refractivity contribution in [3.05, 3.63) is 23.3 Å². The van der Waals surface area contributed by atoms with Gasteiger partial charge in [-0.15, -0.1) is 0 Å². The van der Waals surface area contributed by atoms with Crippen LogP contribution >= 0.6 is 0 Å². The molecule has 0 bridgehead atoms. The maximum Gasteiger partial charge on any atom is 0.416 e. The smallest absolute Gasteiger partial charge is 0.398 e. The third kappa shape index (κ3) is 2.34. The molecule has 2 nitrogen and oxygen atoms in total. The largest absolute Gasteiger partial charge is 0.416 e. The summed E-state index contributed by atoms with van der Waals surface area (Å²) in [5.41, 5.74) is 11.0. The average molecular weight is 218 g/mol. The van der Waals surface area contributed by atoms with E-state index >= 15 is 0 Å². The summed E-state index contributed by atoms with van der Waals surface area (Å²) in [5, 5.41) is 0. The van der Waals surface area contributed by atoms with E-state index in [1.165, 1.54) is 0 Å². The Kier molecular flexibility index (Phi) is 2.83. The maximum atomic E-state index is 12.4. The highest BCUT2D eigenvalue weighted by atomic mass is 19.4. The van der Waals surface area contributed by atoms with E-state index in [1.54, 1.807) is 0 Å². The van der Waals surface area contributed by atoms with Gasteiger partial charge in [-0.05, 0) is 18.1 Å². The number of alkyl halides is 3. The summed E-state index contributed by atoms with van der Waals surface area (Å²) in [6.07, 6.45) is -4.41. The Labute approximate surface area is 86.1 Å². The van der Waals surface area contributed by atoms with E-state index in [2.05, 4.69) is 0 Å². The molecule has 0 fully saturated rings. The first kappa shape index (κ1) is 11.7. The summed E-state index contributed by atoms with van der Waals surface area (Å²) in [6, 6.07) is 1.84. The molecule has 84 valence electrons. The minimum atomic E-state index is -4.41. The van der Waals surface area contributed by atoms with Crippen molar-refractivity contribution in [2.75, 3.05) is 11.5 Å². The lowest BCUT2D eigenvalue weighted by Gasteiger charge is -2.16. The highest BCUT2D eigenvalue weighted by Crippen LogP contribution is 2.36. The van der Waals surface area contributed by atoms with E-state index < -0.39 is 11.7 Å². The summed E-state index contributed by atoms with van der Waals surface area (Å²) in [7, 11) is 0. The van der Waals surface area contributed by atoms with Crippen LogP contribution in [0.2, 0.25) is 0 Å². The van der Waals surface area contributed by atoms with Gasteiger partial charge < -0.3 is 11.5 Å². The standard InChI is InChI=1S/C10H13F3N2/c1-5(2)9-7(14)3-6(4-8(9)15)10(11,12)13/h3-5H,14-15H2,1-2H3. The second kappa shape index (κ2) is 3.64. The molecule has 4 N–H and O–H groups in total. The molecule has 0 heterocycles. The molecule has 0 aromatic heterocycles. The second-order valence-corrected chi connectivity index (χ2v) is 3.72.